The van der Waals surface area contributed by atoms with Gasteiger partial charge in [-0.05, 0) is 65.1 Å². The van der Waals surface area contributed by atoms with E-state index in [1.54, 1.807) is 11.3 Å². The van der Waals surface area contributed by atoms with Gasteiger partial charge in [-0.3, -0.25) is 0 Å². The Balaban J connectivity index is 1.64. The van der Waals surface area contributed by atoms with Crippen LogP contribution >= 0.6 is 33.9 Å². The third kappa shape index (κ3) is 3.87. The Morgan fingerprint density at radius 1 is 1.35 bits per heavy atom. The van der Waals surface area contributed by atoms with Gasteiger partial charge in [0.2, 0.25) is 0 Å². The van der Waals surface area contributed by atoms with Crippen LogP contribution in [-0.4, -0.2) is 31.6 Å². The number of nitriles is 1. The van der Waals surface area contributed by atoms with Crippen LogP contribution in [0.4, 0.5) is 5.00 Å². The summed E-state index contributed by atoms with van der Waals surface area (Å²) in [6.45, 7) is 3.23. The number of halogens is 1. The largest absolute Gasteiger partial charge is 0.379 e. The molecule has 0 radical (unpaired) electrons. The van der Waals surface area contributed by atoms with Crippen molar-refractivity contribution in [3.63, 3.8) is 0 Å². The highest BCUT2D eigenvalue weighted by Gasteiger charge is 2.21. The monoisotopic (exact) mass is 437 g/mol. The quantitative estimate of drug-likeness (QED) is 0.738. The summed E-state index contributed by atoms with van der Waals surface area (Å²) in [6, 6.07) is 11.1. The van der Waals surface area contributed by atoms with E-state index in [0.29, 0.717) is 0 Å². The fourth-order valence-corrected chi connectivity index (χ4v) is 4.87. The fraction of sp³-hybridized carbons (Fsp3) is 0.389. The highest BCUT2D eigenvalue weighted by atomic mass is 127. The topological polar surface area (TPSA) is 39.1 Å². The summed E-state index contributed by atoms with van der Waals surface area (Å²) in [6.07, 6.45) is 3.14. The van der Waals surface area contributed by atoms with E-state index in [0.717, 1.165) is 49.5 Å². The molecule has 5 heteroatoms. The van der Waals surface area contributed by atoms with Gasteiger partial charge in [-0.15, -0.1) is 11.3 Å². The van der Waals surface area contributed by atoms with Gasteiger partial charge in [-0.25, -0.2) is 0 Å². The van der Waals surface area contributed by atoms with Gasteiger partial charge < -0.3 is 10.2 Å². The molecule has 1 aromatic carbocycles. The van der Waals surface area contributed by atoms with Crippen LogP contribution in [0.1, 0.15) is 21.6 Å². The minimum Gasteiger partial charge on any atom is -0.379 e. The molecule has 23 heavy (non-hydrogen) atoms. The molecule has 0 saturated heterocycles. The number of benzene rings is 1. The number of hydrogen-bond donors (Lipinski definition) is 1. The molecule has 3 nitrogen and oxygen atoms in total. The first-order chi connectivity index (χ1) is 11.2. The van der Waals surface area contributed by atoms with E-state index in [1.807, 2.05) is 7.05 Å². The van der Waals surface area contributed by atoms with Crippen molar-refractivity contribution < 1.29 is 0 Å². The van der Waals surface area contributed by atoms with Crippen molar-refractivity contribution in [1.29, 1.82) is 5.26 Å². The second-order valence-corrected chi connectivity index (χ2v) is 8.14. The third-order valence-corrected chi connectivity index (χ3v) is 6.35. The smallest absolute Gasteiger partial charge is 0.107 e. The number of fused-ring (bicyclic) bond motifs is 1. The van der Waals surface area contributed by atoms with Gasteiger partial charge in [0.15, 0.2) is 0 Å². The molecule has 1 aromatic heterocycles. The van der Waals surface area contributed by atoms with Crippen LogP contribution in [0.5, 0.6) is 0 Å². The molecule has 3 rings (SSSR count). The minimum absolute atomic E-state index is 0.868. The molecular formula is C18H20IN3S. The predicted octanol–water partition coefficient (Wildman–Crippen LogP) is 3.91. The first-order valence-electron chi connectivity index (χ1n) is 7.90. The molecule has 0 aliphatic carbocycles. The Morgan fingerprint density at radius 3 is 2.91 bits per heavy atom. The second-order valence-electron chi connectivity index (χ2n) is 5.79. The first kappa shape index (κ1) is 16.7. The Kier molecular flexibility index (Phi) is 5.57. The molecule has 1 N–H and O–H groups in total. The molecule has 2 heterocycles. The van der Waals surface area contributed by atoms with Gasteiger partial charge in [0.1, 0.15) is 11.1 Å². The van der Waals surface area contributed by atoms with Crippen LogP contribution in [0.25, 0.3) is 0 Å². The summed E-state index contributed by atoms with van der Waals surface area (Å²) in [5.74, 6) is 0. The number of thiophene rings is 1. The zero-order chi connectivity index (χ0) is 16.2. The second kappa shape index (κ2) is 7.65. The highest BCUT2D eigenvalue weighted by molar-refractivity contribution is 14.1. The van der Waals surface area contributed by atoms with E-state index in [1.165, 1.54) is 19.6 Å². The SMILES string of the molecule is CNc1sc2c(c1C#N)CCN(CCc1cccc(I)c1)CC2. The van der Waals surface area contributed by atoms with E-state index in [-0.39, 0.29) is 0 Å². The molecule has 1 aliphatic rings. The van der Waals surface area contributed by atoms with E-state index in [2.05, 4.69) is 63.1 Å². The Morgan fingerprint density at radius 2 is 2.17 bits per heavy atom. The Hall–Kier alpha value is -1.10. The number of anilines is 1. The van der Waals surface area contributed by atoms with Crippen molar-refractivity contribution in [2.75, 3.05) is 32.0 Å². The van der Waals surface area contributed by atoms with Crippen LogP contribution in [0.3, 0.4) is 0 Å². The standard InChI is InChI=1S/C18H20IN3S/c1-21-18-16(12-20)15-6-9-22(10-7-17(15)23-18)8-5-13-3-2-4-14(19)11-13/h2-4,11,21H,5-10H2,1H3. The van der Waals surface area contributed by atoms with Gasteiger partial charge in [0, 0.05) is 35.1 Å². The molecular weight excluding hydrogens is 417 g/mol. The summed E-state index contributed by atoms with van der Waals surface area (Å²) in [7, 11) is 1.90. The van der Waals surface area contributed by atoms with E-state index < -0.39 is 0 Å². The third-order valence-electron chi connectivity index (χ3n) is 4.37. The van der Waals surface area contributed by atoms with Crippen molar-refractivity contribution in [3.05, 3.63) is 49.4 Å². The van der Waals surface area contributed by atoms with Gasteiger partial charge in [0.05, 0.1) is 5.56 Å². The van der Waals surface area contributed by atoms with Gasteiger partial charge in [-0.1, -0.05) is 12.1 Å². The maximum Gasteiger partial charge on any atom is 0.107 e. The van der Waals surface area contributed by atoms with Crippen LogP contribution < -0.4 is 5.32 Å². The van der Waals surface area contributed by atoms with E-state index in [4.69, 9.17) is 0 Å². The Bertz CT molecular complexity index is 732. The maximum atomic E-state index is 9.43. The molecule has 0 amide bonds. The van der Waals surface area contributed by atoms with Crippen molar-refractivity contribution >= 4 is 38.9 Å². The molecule has 0 spiro atoms. The molecule has 0 bridgehead atoms. The predicted molar refractivity (Wildman–Crippen MR) is 105 cm³/mol. The van der Waals surface area contributed by atoms with Crippen molar-refractivity contribution in [2.24, 2.45) is 0 Å². The number of hydrogen-bond acceptors (Lipinski definition) is 4. The average Bonchev–Trinajstić information content (AvgIpc) is 2.78. The molecule has 0 unspecified atom stereocenters. The lowest BCUT2D eigenvalue weighted by molar-refractivity contribution is 0.291. The number of rotatable bonds is 4. The van der Waals surface area contributed by atoms with Gasteiger partial charge in [-0.2, -0.15) is 5.26 Å². The summed E-state index contributed by atoms with van der Waals surface area (Å²) in [5.41, 5.74) is 3.55. The lowest BCUT2D eigenvalue weighted by Gasteiger charge is -2.19. The summed E-state index contributed by atoms with van der Waals surface area (Å²) in [5, 5.41) is 13.6. The van der Waals surface area contributed by atoms with Crippen molar-refractivity contribution in [2.45, 2.75) is 19.3 Å². The summed E-state index contributed by atoms with van der Waals surface area (Å²) < 4.78 is 1.30. The molecule has 0 fully saturated rings. The molecule has 0 saturated carbocycles. The lowest BCUT2D eigenvalue weighted by Crippen LogP contribution is -2.28. The maximum absolute atomic E-state index is 9.43. The summed E-state index contributed by atoms with van der Waals surface area (Å²) >= 11 is 4.13. The van der Waals surface area contributed by atoms with E-state index >= 15 is 0 Å². The van der Waals surface area contributed by atoms with Gasteiger partial charge in [0.25, 0.3) is 0 Å². The molecule has 1 aliphatic heterocycles. The summed E-state index contributed by atoms with van der Waals surface area (Å²) in [4.78, 5) is 3.93. The number of nitrogens with one attached hydrogen (secondary N) is 1. The zero-order valence-corrected chi connectivity index (χ0v) is 16.2. The van der Waals surface area contributed by atoms with Crippen LogP contribution in [0.2, 0.25) is 0 Å². The van der Waals surface area contributed by atoms with Crippen LogP contribution in [0, 0.1) is 14.9 Å². The highest BCUT2D eigenvalue weighted by Crippen LogP contribution is 2.34. The zero-order valence-electron chi connectivity index (χ0n) is 13.2. The van der Waals surface area contributed by atoms with Crippen molar-refractivity contribution in [3.8, 4) is 6.07 Å². The average molecular weight is 437 g/mol. The first-order valence-corrected chi connectivity index (χ1v) is 9.80. The van der Waals surface area contributed by atoms with Crippen molar-refractivity contribution in [1.82, 2.24) is 4.90 Å². The van der Waals surface area contributed by atoms with E-state index in [9.17, 15) is 5.26 Å². The minimum atomic E-state index is 0.868. The Labute approximate surface area is 155 Å². The molecule has 120 valence electrons. The molecule has 0 atom stereocenters. The normalized spacial score (nSPS) is 14.8. The van der Waals surface area contributed by atoms with Crippen LogP contribution in [0.15, 0.2) is 24.3 Å². The molecule has 2 aromatic rings. The van der Waals surface area contributed by atoms with Gasteiger partial charge >= 0.3 is 0 Å². The lowest BCUT2D eigenvalue weighted by atomic mass is 10.1. The van der Waals surface area contributed by atoms with Crippen LogP contribution in [-0.2, 0) is 19.3 Å². The number of nitrogens with zero attached hydrogens (tertiary/aromatic N) is 2. The fourth-order valence-electron chi connectivity index (χ4n) is 3.12.